The van der Waals surface area contributed by atoms with Crippen LogP contribution in [0.5, 0.6) is 0 Å². The van der Waals surface area contributed by atoms with E-state index in [2.05, 4.69) is 9.97 Å². The number of benzene rings is 1. The lowest BCUT2D eigenvalue weighted by molar-refractivity contribution is -0.136. The molecule has 1 aliphatic heterocycles. The van der Waals surface area contributed by atoms with E-state index in [0.29, 0.717) is 12.2 Å². The van der Waals surface area contributed by atoms with E-state index in [9.17, 15) is 18.0 Å². The molecule has 9 heteroatoms. The zero-order valence-corrected chi connectivity index (χ0v) is 17.1. The summed E-state index contributed by atoms with van der Waals surface area (Å²) in [6.07, 6.45) is -2.46. The largest absolute Gasteiger partial charge is 0.417 e. The zero-order valence-electron chi connectivity index (χ0n) is 16.3. The SMILES string of the molecule is CCc1ccc(-c2cc(C(F)(F)F)c3c(=O)[nH]c(=S)n(C[C@@H]4CCCO4)c3n2)cc1. The first-order valence-corrected chi connectivity index (χ1v) is 10.1. The molecule has 1 aliphatic rings. The van der Waals surface area contributed by atoms with E-state index < -0.39 is 22.7 Å². The first-order chi connectivity index (χ1) is 14.3. The van der Waals surface area contributed by atoms with Crippen LogP contribution in [0, 0.1) is 4.77 Å². The van der Waals surface area contributed by atoms with Crippen molar-refractivity contribution in [1.82, 2.24) is 14.5 Å². The van der Waals surface area contributed by atoms with Gasteiger partial charge in [0.2, 0.25) is 0 Å². The Morgan fingerprint density at radius 2 is 2.03 bits per heavy atom. The first-order valence-electron chi connectivity index (χ1n) is 9.74. The lowest BCUT2D eigenvalue weighted by Crippen LogP contribution is -2.24. The third-order valence-electron chi connectivity index (χ3n) is 5.32. The molecular formula is C21H20F3N3O2S. The van der Waals surface area contributed by atoms with Crippen LogP contribution in [0.15, 0.2) is 35.1 Å². The van der Waals surface area contributed by atoms with Crippen molar-refractivity contribution >= 4 is 23.3 Å². The van der Waals surface area contributed by atoms with Gasteiger partial charge < -0.3 is 4.74 Å². The summed E-state index contributed by atoms with van der Waals surface area (Å²) in [5, 5.41) is -0.511. The van der Waals surface area contributed by atoms with E-state index in [1.165, 1.54) is 4.57 Å². The van der Waals surface area contributed by atoms with Gasteiger partial charge in [-0.25, -0.2) is 4.98 Å². The average Bonchev–Trinajstić information content (AvgIpc) is 3.23. The predicted molar refractivity (Wildman–Crippen MR) is 110 cm³/mol. The Balaban J connectivity index is 1.99. The molecule has 1 fully saturated rings. The number of nitrogens with one attached hydrogen (secondary N) is 1. The Morgan fingerprint density at radius 3 is 2.63 bits per heavy atom. The fourth-order valence-electron chi connectivity index (χ4n) is 3.72. The Bertz CT molecular complexity index is 1190. The van der Waals surface area contributed by atoms with Crippen molar-refractivity contribution in [2.45, 2.75) is 45.0 Å². The summed E-state index contributed by atoms with van der Waals surface area (Å²) in [5.74, 6) is 0. The second kappa shape index (κ2) is 7.96. The summed E-state index contributed by atoms with van der Waals surface area (Å²) < 4.78 is 48.8. The third kappa shape index (κ3) is 3.91. The van der Waals surface area contributed by atoms with E-state index >= 15 is 0 Å². The molecule has 0 aliphatic carbocycles. The van der Waals surface area contributed by atoms with Crippen LogP contribution in [-0.4, -0.2) is 27.2 Å². The van der Waals surface area contributed by atoms with Crippen LogP contribution in [0.4, 0.5) is 13.2 Å². The van der Waals surface area contributed by atoms with Crippen LogP contribution in [0.3, 0.4) is 0 Å². The molecule has 0 unspecified atom stereocenters. The number of hydrogen-bond donors (Lipinski definition) is 1. The molecule has 0 bridgehead atoms. The van der Waals surface area contributed by atoms with Gasteiger partial charge in [0, 0.05) is 12.2 Å². The number of pyridine rings is 1. The maximum atomic E-state index is 13.9. The van der Waals surface area contributed by atoms with Crippen molar-refractivity contribution in [3.8, 4) is 11.3 Å². The molecule has 30 heavy (non-hydrogen) atoms. The molecule has 2 aromatic heterocycles. The highest BCUT2D eigenvalue weighted by molar-refractivity contribution is 7.71. The van der Waals surface area contributed by atoms with Crippen LogP contribution in [0.1, 0.15) is 30.9 Å². The normalized spacial score (nSPS) is 17.0. The number of aryl methyl sites for hydroxylation is 1. The highest BCUT2D eigenvalue weighted by atomic mass is 32.1. The first kappa shape index (κ1) is 20.7. The summed E-state index contributed by atoms with van der Waals surface area (Å²) in [5.41, 5.74) is -0.268. The smallest absolute Gasteiger partial charge is 0.376 e. The third-order valence-corrected chi connectivity index (χ3v) is 5.64. The second-order valence-corrected chi connectivity index (χ2v) is 7.69. The van der Waals surface area contributed by atoms with Crippen molar-refractivity contribution in [3.05, 3.63) is 56.6 Å². The summed E-state index contributed by atoms with van der Waals surface area (Å²) in [6, 6.07) is 8.10. The van der Waals surface area contributed by atoms with Crippen molar-refractivity contribution in [2.75, 3.05) is 6.61 Å². The van der Waals surface area contributed by atoms with Gasteiger partial charge in [-0.05, 0) is 43.1 Å². The predicted octanol–water partition coefficient (Wildman–Crippen LogP) is 4.88. The number of rotatable bonds is 4. The van der Waals surface area contributed by atoms with Crippen molar-refractivity contribution in [1.29, 1.82) is 0 Å². The van der Waals surface area contributed by atoms with Gasteiger partial charge in [-0.2, -0.15) is 13.2 Å². The summed E-state index contributed by atoms with van der Waals surface area (Å²) in [6.45, 7) is 2.82. The van der Waals surface area contributed by atoms with Crippen LogP contribution in [0.25, 0.3) is 22.3 Å². The molecule has 0 saturated carbocycles. The minimum absolute atomic E-state index is 0.0297. The van der Waals surface area contributed by atoms with E-state index in [4.69, 9.17) is 17.0 Å². The van der Waals surface area contributed by atoms with Crippen LogP contribution in [-0.2, 0) is 23.9 Å². The molecular weight excluding hydrogens is 415 g/mol. The van der Waals surface area contributed by atoms with E-state index in [1.807, 2.05) is 19.1 Å². The van der Waals surface area contributed by atoms with Gasteiger partial charge in [-0.1, -0.05) is 31.2 Å². The van der Waals surface area contributed by atoms with Gasteiger partial charge in [0.15, 0.2) is 4.77 Å². The number of aromatic nitrogens is 3. The number of fused-ring (bicyclic) bond motifs is 1. The number of nitrogens with zero attached hydrogens (tertiary/aromatic N) is 2. The maximum absolute atomic E-state index is 13.9. The summed E-state index contributed by atoms with van der Waals surface area (Å²) in [7, 11) is 0. The van der Waals surface area contributed by atoms with Crippen LogP contribution >= 0.6 is 12.2 Å². The fraction of sp³-hybridized carbons (Fsp3) is 0.381. The maximum Gasteiger partial charge on any atom is 0.417 e. The summed E-state index contributed by atoms with van der Waals surface area (Å²) >= 11 is 5.26. The van der Waals surface area contributed by atoms with Gasteiger partial charge in [-0.15, -0.1) is 0 Å². The number of ether oxygens (including phenoxy) is 1. The van der Waals surface area contributed by atoms with Gasteiger partial charge >= 0.3 is 6.18 Å². The Labute approximate surface area is 175 Å². The highest BCUT2D eigenvalue weighted by Crippen LogP contribution is 2.35. The minimum Gasteiger partial charge on any atom is -0.376 e. The monoisotopic (exact) mass is 435 g/mol. The molecule has 4 rings (SSSR count). The quantitative estimate of drug-likeness (QED) is 0.594. The van der Waals surface area contributed by atoms with Crippen molar-refractivity contribution in [3.63, 3.8) is 0 Å². The number of H-pyrrole nitrogens is 1. The average molecular weight is 435 g/mol. The van der Waals surface area contributed by atoms with E-state index in [-0.39, 0.29) is 28.8 Å². The number of hydrogen-bond acceptors (Lipinski definition) is 4. The number of alkyl halides is 3. The molecule has 0 spiro atoms. The Kier molecular flexibility index (Phi) is 5.50. The van der Waals surface area contributed by atoms with E-state index in [1.54, 1.807) is 12.1 Å². The molecule has 0 radical (unpaired) electrons. The molecule has 1 saturated heterocycles. The van der Waals surface area contributed by atoms with Gasteiger partial charge in [0.1, 0.15) is 5.65 Å². The minimum atomic E-state index is -4.73. The standard InChI is InChI=1S/C21H20F3N3O2S/c1-2-12-5-7-13(8-6-12)16-10-15(21(22,23)24)17-18(25-16)27(20(30)26-19(17)28)11-14-4-3-9-29-14/h5-8,10,14H,2-4,9,11H2,1H3,(H,26,28,30)/t14-/m0/s1. The molecule has 3 heterocycles. The fourth-order valence-corrected chi connectivity index (χ4v) is 3.97. The van der Waals surface area contributed by atoms with Crippen LogP contribution in [0.2, 0.25) is 0 Å². The summed E-state index contributed by atoms with van der Waals surface area (Å²) in [4.78, 5) is 19.3. The zero-order chi connectivity index (χ0) is 21.5. The Morgan fingerprint density at radius 1 is 1.30 bits per heavy atom. The van der Waals surface area contributed by atoms with Crippen LogP contribution < -0.4 is 5.56 Å². The van der Waals surface area contributed by atoms with Gasteiger partial charge in [0.05, 0.1) is 29.3 Å². The van der Waals surface area contributed by atoms with Gasteiger partial charge in [0.25, 0.3) is 5.56 Å². The van der Waals surface area contributed by atoms with Crippen molar-refractivity contribution in [2.24, 2.45) is 0 Å². The van der Waals surface area contributed by atoms with Gasteiger partial charge in [-0.3, -0.25) is 14.3 Å². The molecule has 1 atom stereocenters. The molecule has 1 aromatic carbocycles. The Hall–Kier alpha value is -2.52. The molecule has 1 N–H and O–H groups in total. The number of aromatic amines is 1. The number of halogens is 3. The molecule has 0 amide bonds. The molecule has 5 nitrogen and oxygen atoms in total. The topological polar surface area (TPSA) is 59.9 Å². The molecule has 3 aromatic rings. The highest BCUT2D eigenvalue weighted by Gasteiger charge is 2.35. The lowest BCUT2D eigenvalue weighted by Gasteiger charge is -2.18. The van der Waals surface area contributed by atoms with Crippen molar-refractivity contribution < 1.29 is 17.9 Å². The van der Waals surface area contributed by atoms with E-state index in [0.717, 1.165) is 30.9 Å². The lowest BCUT2D eigenvalue weighted by atomic mass is 10.0. The molecule has 158 valence electrons. The second-order valence-electron chi connectivity index (χ2n) is 7.31.